The van der Waals surface area contributed by atoms with Gasteiger partial charge in [-0.15, -0.1) is 0 Å². The Kier molecular flexibility index (Phi) is 3.40. The van der Waals surface area contributed by atoms with Crippen molar-refractivity contribution >= 4 is 5.82 Å². The Hall–Kier alpha value is -1.94. The number of aromatic nitrogens is 2. The molecular weight excluding hydrogens is 250 g/mol. The van der Waals surface area contributed by atoms with Gasteiger partial charge in [0.15, 0.2) is 5.82 Å². The predicted octanol–water partition coefficient (Wildman–Crippen LogP) is 3.21. The average Bonchev–Trinajstić information content (AvgIpc) is 2.47. The molecule has 3 rings (SSSR count). The lowest BCUT2D eigenvalue weighted by atomic mass is 9.79. The number of benzene rings is 1. The molecule has 1 fully saturated rings. The van der Waals surface area contributed by atoms with Crippen molar-refractivity contribution in [2.45, 2.75) is 24.9 Å². The van der Waals surface area contributed by atoms with Crippen LogP contribution in [0.15, 0.2) is 36.4 Å². The van der Waals surface area contributed by atoms with Crippen molar-refractivity contribution in [3.63, 3.8) is 0 Å². The summed E-state index contributed by atoms with van der Waals surface area (Å²) in [5.41, 5.74) is 1.73. The second kappa shape index (κ2) is 5.21. The molecule has 0 spiro atoms. The first kappa shape index (κ1) is 13.1. The highest BCUT2D eigenvalue weighted by atomic mass is 16.5. The lowest BCUT2D eigenvalue weighted by molar-refractivity contribution is -0.0844. The highest BCUT2D eigenvalue weighted by molar-refractivity contribution is 5.62. The monoisotopic (exact) mass is 269 g/mol. The summed E-state index contributed by atoms with van der Waals surface area (Å²) in [6.07, 6.45) is 3.15. The minimum Gasteiger partial charge on any atom is -0.373 e. The van der Waals surface area contributed by atoms with Crippen molar-refractivity contribution in [3.8, 4) is 11.3 Å². The second-order valence-corrected chi connectivity index (χ2v) is 5.13. The largest absolute Gasteiger partial charge is 0.373 e. The van der Waals surface area contributed by atoms with Crippen LogP contribution in [0, 0.1) is 0 Å². The normalized spacial score (nSPS) is 16.5. The topological polar surface area (TPSA) is 47.0 Å². The Balaban J connectivity index is 2.08. The van der Waals surface area contributed by atoms with Crippen LogP contribution in [0.5, 0.6) is 0 Å². The molecule has 1 aliphatic carbocycles. The summed E-state index contributed by atoms with van der Waals surface area (Å²) < 4.78 is 5.70. The van der Waals surface area contributed by atoms with E-state index in [1.165, 1.54) is 6.42 Å². The van der Waals surface area contributed by atoms with Crippen LogP contribution in [0.4, 0.5) is 5.82 Å². The zero-order valence-electron chi connectivity index (χ0n) is 11.9. The fourth-order valence-electron chi connectivity index (χ4n) is 2.55. The van der Waals surface area contributed by atoms with Crippen molar-refractivity contribution in [1.82, 2.24) is 9.97 Å². The van der Waals surface area contributed by atoms with E-state index in [-0.39, 0.29) is 5.60 Å². The van der Waals surface area contributed by atoms with E-state index in [9.17, 15) is 0 Å². The van der Waals surface area contributed by atoms with E-state index in [2.05, 4.69) is 22.4 Å². The Morgan fingerprint density at radius 3 is 2.45 bits per heavy atom. The van der Waals surface area contributed by atoms with Crippen LogP contribution >= 0.6 is 0 Å². The summed E-state index contributed by atoms with van der Waals surface area (Å²) in [4.78, 5) is 9.34. The van der Waals surface area contributed by atoms with Crippen LogP contribution in [0.3, 0.4) is 0 Å². The summed E-state index contributed by atoms with van der Waals surface area (Å²) in [5.74, 6) is 1.62. The maximum atomic E-state index is 5.70. The zero-order valence-corrected chi connectivity index (χ0v) is 11.9. The SMILES string of the molecule is CNc1cc(-c2ccccc2)nc(C2(OC)CCC2)n1. The Morgan fingerprint density at radius 2 is 1.90 bits per heavy atom. The first-order valence-corrected chi connectivity index (χ1v) is 6.95. The van der Waals surface area contributed by atoms with E-state index in [4.69, 9.17) is 9.72 Å². The van der Waals surface area contributed by atoms with Gasteiger partial charge in [0.05, 0.1) is 5.69 Å². The molecule has 4 nitrogen and oxygen atoms in total. The third-order valence-electron chi connectivity index (χ3n) is 4.01. The molecule has 1 aromatic carbocycles. The Bertz CT molecular complexity index is 588. The van der Waals surface area contributed by atoms with Crippen molar-refractivity contribution < 1.29 is 4.74 Å². The lowest BCUT2D eigenvalue weighted by Crippen LogP contribution is -2.38. The second-order valence-electron chi connectivity index (χ2n) is 5.13. The molecule has 0 unspecified atom stereocenters. The molecule has 1 aliphatic rings. The fraction of sp³-hybridized carbons (Fsp3) is 0.375. The number of anilines is 1. The number of nitrogens with zero attached hydrogens (tertiary/aromatic N) is 2. The third-order valence-corrected chi connectivity index (χ3v) is 4.01. The molecule has 0 radical (unpaired) electrons. The van der Waals surface area contributed by atoms with E-state index < -0.39 is 0 Å². The lowest BCUT2D eigenvalue weighted by Gasteiger charge is -2.39. The van der Waals surface area contributed by atoms with Gasteiger partial charge in [-0.25, -0.2) is 9.97 Å². The number of hydrogen-bond acceptors (Lipinski definition) is 4. The van der Waals surface area contributed by atoms with Crippen molar-refractivity contribution in [2.75, 3.05) is 19.5 Å². The molecule has 1 saturated carbocycles. The van der Waals surface area contributed by atoms with E-state index in [1.54, 1.807) is 7.11 Å². The van der Waals surface area contributed by atoms with Gasteiger partial charge in [-0.2, -0.15) is 0 Å². The van der Waals surface area contributed by atoms with Crippen LogP contribution in [-0.4, -0.2) is 24.1 Å². The standard InChI is InChI=1S/C16H19N3O/c1-17-14-11-13(12-7-4-3-5-8-12)18-15(19-14)16(20-2)9-6-10-16/h3-5,7-8,11H,6,9-10H2,1-2H3,(H,17,18,19). The summed E-state index contributed by atoms with van der Waals surface area (Å²) in [5, 5.41) is 3.12. The van der Waals surface area contributed by atoms with E-state index >= 15 is 0 Å². The summed E-state index contributed by atoms with van der Waals surface area (Å²) in [6.45, 7) is 0. The molecule has 0 amide bonds. The number of methoxy groups -OCH3 is 1. The molecule has 0 saturated heterocycles. The van der Waals surface area contributed by atoms with Gasteiger partial charge in [0.25, 0.3) is 0 Å². The minimum absolute atomic E-state index is 0.295. The molecule has 0 atom stereocenters. The third kappa shape index (κ3) is 2.16. The van der Waals surface area contributed by atoms with Crippen molar-refractivity contribution in [1.29, 1.82) is 0 Å². The summed E-state index contributed by atoms with van der Waals surface area (Å²) >= 11 is 0. The summed E-state index contributed by atoms with van der Waals surface area (Å²) in [6, 6.07) is 12.1. The quantitative estimate of drug-likeness (QED) is 0.925. The smallest absolute Gasteiger partial charge is 0.163 e. The molecular formula is C16H19N3O. The van der Waals surface area contributed by atoms with E-state index in [0.717, 1.165) is 35.7 Å². The van der Waals surface area contributed by atoms with Gasteiger partial charge in [-0.05, 0) is 19.3 Å². The van der Waals surface area contributed by atoms with E-state index in [0.29, 0.717) is 0 Å². The van der Waals surface area contributed by atoms with Gasteiger partial charge < -0.3 is 10.1 Å². The highest BCUT2D eigenvalue weighted by Crippen LogP contribution is 2.43. The van der Waals surface area contributed by atoms with Gasteiger partial charge in [-0.3, -0.25) is 0 Å². The zero-order chi connectivity index (χ0) is 14.0. The first-order valence-electron chi connectivity index (χ1n) is 6.95. The molecule has 104 valence electrons. The maximum Gasteiger partial charge on any atom is 0.163 e. The molecule has 0 aliphatic heterocycles. The Labute approximate surface area is 119 Å². The van der Waals surface area contributed by atoms with Crippen LogP contribution in [-0.2, 0) is 10.3 Å². The van der Waals surface area contributed by atoms with Crippen LogP contribution < -0.4 is 5.32 Å². The van der Waals surface area contributed by atoms with Gasteiger partial charge in [0.1, 0.15) is 11.4 Å². The molecule has 2 aromatic rings. The first-order chi connectivity index (χ1) is 9.77. The van der Waals surface area contributed by atoms with E-state index in [1.807, 2.05) is 31.3 Å². The highest BCUT2D eigenvalue weighted by Gasteiger charge is 2.42. The van der Waals surface area contributed by atoms with Crippen molar-refractivity contribution in [2.24, 2.45) is 0 Å². The number of rotatable bonds is 4. The molecule has 1 N–H and O–H groups in total. The molecule has 20 heavy (non-hydrogen) atoms. The number of ether oxygens (including phenoxy) is 1. The maximum absolute atomic E-state index is 5.70. The molecule has 4 heteroatoms. The minimum atomic E-state index is -0.295. The fourth-order valence-corrected chi connectivity index (χ4v) is 2.55. The predicted molar refractivity (Wildman–Crippen MR) is 79.6 cm³/mol. The van der Waals surface area contributed by atoms with Crippen LogP contribution in [0.25, 0.3) is 11.3 Å². The average molecular weight is 269 g/mol. The van der Waals surface area contributed by atoms with Crippen LogP contribution in [0.1, 0.15) is 25.1 Å². The number of hydrogen-bond donors (Lipinski definition) is 1. The summed E-state index contributed by atoms with van der Waals surface area (Å²) in [7, 11) is 3.62. The molecule has 0 bridgehead atoms. The molecule has 1 aromatic heterocycles. The van der Waals surface area contributed by atoms with Gasteiger partial charge >= 0.3 is 0 Å². The Morgan fingerprint density at radius 1 is 1.15 bits per heavy atom. The van der Waals surface area contributed by atoms with Gasteiger partial charge in [0.2, 0.25) is 0 Å². The molecule has 1 heterocycles. The van der Waals surface area contributed by atoms with Crippen molar-refractivity contribution in [3.05, 3.63) is 42.2 Å². The number of nitrogens with one attached hydrogen (secondary N) is 1. The van der Waals surface area contributed by atoms with Gasteiger partial charge in [0, 0.05) is 25.8 Å². The van der Waals surface area contributed by atoms with Gasteiger partial charge in [-0.1, -0.05) is 30.3 Å². The van der Waals surface area contributed by atoms with Crippen LogP contribution in [0.2, 0.25) is 0 Å².